The molecule has 1 aromatic carbocycles. The Hall–Kier alpha value is -1.75. The minimum Gasteiger partial charge on any atom is -0.350 e. The Balaban J connectivity index is 2.00. The Morgan fingerprint density at radius 3 is 3.14 bits per heavy atom. The largest absolute Gasteiger partial charge is 0.350 e. The molecule has 1 aromatic rings. The minimum atomic E-state index is -0.0231. The summed E-state index contributed by atoms with van der Waals surface area (Å²) in [5.74, 6) is -0.0141. The van der Waals surface area contributed by atoms with E-state index in [-0.39, 0.29) is 12.2 Å². The molecule has 3 N–H and O–H groups in total. The summed E-state index contributed by atoms with van der Waals surface area (Å²) in [5, 5.41) is 3.26. The number of nitrogens with zero attached hydrogens (tertiary/aromatic N) is 1. The molecule has 5 nitrogen and oxygen atoms in total. The zero-order valence-electron chi connectivity index (χ0n) is 7.45. The molecule has 1 amide bonds. The molecule has 1 unspecified atom stereocenters. The second-order valence-electron chi connectivity index (χ2n) is 3.38. The Kier molecular flexibility index (Phi) is 1.43. The Morgan fingerprint density at radius 1 is 1.36 bits per heavy atom. The fourth-order valence-electron chi connectivity index (χ4n) is 1.84. The van der Waals surface area contributed by atoms with Gasteiger partial charge in [-0.05, 0) is 12.1 Å². The highest BCUT2D eigenvalue weighted by molar-refractivity contribution is 5.87. The van der Waals surface area contributed by atoms with Gasteiger partial charge in [0.2, 0.25) is 0 Å². The molecule has 0 aliphatic carbocycles. The number of hydrogen-bond donors (Lipinski definition) is 3. The first-order valence-corrected chi connectivity index (χ1v) is 4.51. The van der Waals surface area contributed by atoms with E-state index < -0.39 is 0 Å². The molecule has 1 fully saturated rings. The van der Waals surface area contributed by atoms with Crippen LogP contribution in [0.1, 0.15) is 0 Å². The predicted molar refractivity (Wildman–Crippen MR) is 52.5 cm³/mol. The van der Waals surface area contributed by atoms with E-state index >= 15 is 0 Å². The van der Waals surface area contributed by atoms with Crippen molar-refractivity contribution in [3.8, 4) is 0 Å². The number of hydrazine groups is 1. The number of carbonyl (C=O) groups is 1. The minimum absolute atomic E-state index is 0.0141. The van der Waals surface area contributed by atoms with Crippen molar-refractivity contribution in [2.75, 3.05) is 16.8 Å². The maximum Gasteiger partial charge on any atom is 0.253 e. The Bertz CT molecular complexity index is 392. The van der Waals surface area contributed by atoms with Crippen LogP contribution < -0.4 is 21.1 Å². The van der Waals surface area contributed by atoms with Gasteiger partial charge >= 0.3 is 0 Å². The second-order valence-corrected chi connectivity index (χ2v) is 3.38. The summed E-state index contributed by atoms with van der Waals surface area (Å²) in [5.41, 5.74) is 7.61. The van der Waals surface area contributed by atoms with E-state index in [2.05, 4.69) is 16.2 Å². The van der Waals surface area contributed by atoms with Gasteiger partial charge in [-0.1, -0.05) is 12.1 Å². The van der Waals surface area contributed by atoms with Crippen LogP contribution >= 0.6 is 0 Å². The van der Waals surface area contributed by atoms with Crippen LogP contribution in [0.25, 0.3) is 0 Å². The topological polar surface area (TPSA) is 56.4 Å². The third-order valence-electron chi connectivity index (χ3n) is 2.48. The van der Waals surface area contributed by atoms with Crippen molar-refractivity contribution >= 4 is 17.3 Å². The van der Waals surface area contributed by atoms with Crippen molar-refractivity contribution in [2.45, 2.75) is 6.29 Å². The quantitative estimate of drug-likeness (QED) is 0.532. The summed E-state index contributed by atoms with van der Waals surface area (Å²) in [7, 11) is 0. The number of anilines is 2. The first-order chi connectivity index (χ1) is 6.84. The van der Waals surface area contributed by atoms with Crippen LogP contribution in [0.4, 0.5) is 11.4 Å². The van der Waals surface area contributed by atoms with Gasteiger partial charge in [-0.2, -0.15) is 5.43 Å². The van der Waals surface area contributed by atoms with E-state index in [1.54, 1.807) is 0 Å². The van der Waals surface area contributed by atoms with Crippen LogP contribution in [0.2, 0.25) is 0 Å². The summed E-state index contributed by atoms with van der Waals surface area (Å²) >= 11 is 0. The summed E-state index contributed by atoms with van der Waals surface area (Å²) in [6.45, 7) is 0.391. The van der Waals surface area contributed by atoms with Crippen LogP contribution in [0, 0.1) is 0 Å². The van der Waals surface area contributed by atoms with Gasteiger partial charge in [0.05, 0.1) is 11.4 Å². The lowest BCUT2D eigenvalue weighted by atomic mass is 10.2. The lowest BCUT2D eigenvalue weighted by Crippen LogP contribution is -2.62. The van der Waals surface area contributed by atoms with Gasteiger partial charge in [0.15, 0.2) is 6.29 Å². The van der Waals surface area contributed by atoms with E-state index in [1.807, 2.05) is 29.2 Å². The molecule has 0 saturated carbocycles. The van der Waals surface area contributed by atoms with E-state index in [1.165, 1.54) is 0 Å². The molecule has 5 heteroatoms. The van der Waals surface area contributed by atoms with Gasteiger partial charge in [-0.25, -0.2) is 0 Å². The van der Waals surface area contributed by atoms with Crippen molar-refractivity contribution in [2.24, 2.45) is 0 Å². The highest BCUT2D eigenvalue weighted by Crippen LogP contribution is 2.33. The standard InChI is InChI=1S/C9H10N4O/c14-8-5-13-7-4-2-1-3-6(7)10-9(13)12-11-8/h1-4,9-10,12H,5H2,(H,11,14). The molecule has 0 radical (unpaired) electrons. The number of rotatable bonds is 0. The average Bonchev–Trinajstić information content (AvgIpc) is 2.56. The van der Waals surface area contributed by atoms with Gasteiger partial charge in [0, 0.05) is 0 Å². The molecule has 2 aliphatic heterocycles. The van der Waals surface area contributed by atoms with Crippen LogP contribution in [0.15, 0.2) is 24.3 Å². The van der Waals surface area contributed by atoms with Crippen molar-refractivity contribution in [3.05, 3.63) is 24.3 Å². The number of para-hydroxylation sites is 2. The number of benzene rings is 1. The monoisotopic (exact) mass is 190 g/mol. The number of amides is 1. The van der Waals surface area contributed by atoms with E-state index in [9.17, 15) is 4.79 Å². The molecule has 3 rings (SSSR count). The van der Waals surface area contributed by atoms with Crippen molar-refractivity contribution in [3.63, 3.8) is 0 Å². The number of fused-ring (bicyclic) bond motifs is 3. The number of carbonyl (C=O) groups excluding carboxylic acids is 1. The van der Waals surface area contributed by atoms with E-state index in [0.717, 1.165) is 11.4 Å². The van der Waals surface area contributed by atoms with Crippen LogP contribution in [-0.2, 0) is 4.79 Å². The Labute approximate surface area is 81.1 Å². The molecule has 2 aliphatic rings. The smallest absolute Gasteiger partial charge is 0.253 e. The molecule has 0 aromatic heterocycles. The second kappa shape index (κ2) is 2.62. The first-order valence-electron chi connectivity index (χ1n) is 4.51. The number of nitrogens with one attached hydrogen (secondary N) is 3. The normalized spacial score (nSPS) is 23.6. The van der Waals surface area contributed by atoms with E-state index in [4.69, 9.17) is 0 Å². The molecule has 1 atom stereocenters. The maximum absolute atomic E-state index is 11.2. The SMILES string of the molecule is O=C1CN2c3ccccc3NC2NN1. The summed E-state index contributed by atoms with van der Waals surface area (Å²) in [4.78, 5) is 13.2. The van der Waals surface area contributed by atoms with Crippen molar-refractivity contribution < 1.29 is 4.79 Å². The molecular weight excluding hydrogens is 180 g/mol. The van der Waals surface area contributed by atoms with Crippen molar-refractivity contribution in [1.82, 2.24) is 10.9 Å². The first kappa shape index (κ1) is 7.64. The van der Waals surface area contributed by atoms with E-state index in [0.29, 0.717) is 6.54 Å². The summed E-state index contributed by atoms with van der Waals surface area (Å²) < 4.78 is 0. The molecule has 1 saturated heterocycles. The number of hydrogen-bond acceptors (Lipinski definition) is 4. The average molecular weight is 190 g/mol. The van der Waals surface area contributed by atoms with Crippen LogP contribution in [-0.4, -0.2) is 18.7 Å². The lowest BCUT2D eigenvalue weighted by Gasteiger charge is -2.31. The zero-order chi connectivity index (χ0) is 9.54. The fraction of sp³-hybridized carbons (Fsp3) is 0.222. The highest BCUT2D eigenvalue weighted by Gasteiger charge is 2.32. The molecule has 72 valence electrons. The molecule has 0 bridgehead atoms. The Morgan fingerprint density at radius 2 is 2.21 bits per heavy atom. The van der Waals surface area contributed by atoms with Gasteiger partial charge in [0.25, 0.3) is 5.91 Å². The van der Waals surface area contributed by atoms with Gasteiger partial charge < -0.3 is 10.2 Å². The van der Waals surface area contributed by atoms with Gasteiger partial charge in [-0.3, -0.25) is 10.2 Å². The van der Waals surface area contributed by atoms with Crippen molar-refractivity contribution in [1.29, 1.82) is 0 Å². The fourth-order valence-corrected chi connectivity index (χ4v) is 1.84. The van der Waals surface area contributed by atoms with Gasteiger partial charge in [-0.15, -0.1) is 0 Å². The third kappa shape index (κ3) is 0.958. The predicted octanol–water partition coefficient (Wildman–Crippen LogP) is -0.164. The van der Waals surface area contributed by atoms with Crippen LogP contribution in [0.3, 0.4) is 0 Å². The van der Waals surface area contributed by atoms with Crippen LogP contribution in [0.5, 0.6) is 0 Å². The zero-order valence-corrected chi connectivity index (χ0v) is 7.45. The molecule has 0 spiro atoms. The lowest BCUT2D eigenvalue weighted by molar-refractivity contribution is -0.122. The van der Waals surface area contributed by atoms with Gasteiger partial charge in [0.1, 0.15) is 6.54 Å². The summed E-state index contributed by atoms with van der Waals surface area (Å²) in [6, 6.07) is 7.94. The molecular formula is C9H10N4O. The maximum atomic E-state index is 11.2. The third-order valence-corrected chi connectivity index (χ3v) is 2.48. The highest BCUT2D eigenvalue weighted by atomic mass is 16.2. The molecule has 14 heavy (non-hydrogen) atoms. The summed E-state index contributed by atoms with van der Waals surface area (Å²) in [6.07, 6.45) is -0.0231. The molecule has 2 heterocycles.